The summed E-state index contributed by atoms with van der Waals surface area (Å²) in [6.45, 7) is 2.54. The first-order valence-corrected chi connectivity index (χ1v) is 3.93. The fraction of sp³-hybridized carbons (Fsp3) is 1.00. The maximum Gasteiger partial charge on any atom is 0.424 e. The Balaban J connectivity index is 2.41. The Morgan fingerprint density at radius 1 is 1.36 bits per heavy atom. The van der Waals surface area contributed by atoms with E-state index in [1.165, 1.54) is 0 Å². The molecule has 11 heavy (non-hydrogen) atoms. The maximum absolute atomic E-state index is 12.8. The van der Waals surface area contributed by atoms with Crippen LogP contribution in [0.4, 0.5) is 8.78 Å². The van der Waals surface area contributed by atoms with Crippen LogP contribution in [0.5, 0.6) is 0 Å². The summed E-state index contributed by atoms with van der Waals surface area (Å²) in [6.07, 6.45) is -1.34. The predicted molar refractivity (Wildman–Crippen MR) is 37.4 cm³/mol. The number of hydrogen-bond acceptors (Lipinski definition) is 2. The molecule has 1 aliphatic heterocycles. The molecule has 0 saturated carbocycles. The molecule has 2 nitrogen and oxygen atoms in total. The van der Waals surface area contributed by atoms with E-state index in [1.54, 1.807) is 6.92 Å². The number of rotatable bonds is 3. The first kappa shape index (κ1) is 8.87. The molecule has 1 heterocycles. The standard InChI is InChI=1S/C7H13F2NO/c1-2-11-7(8,9)10-5-3-4-6-10/h2-6H2,1H3. The topological polar surface area (TPSA) is 12.5 Å². The number of hydrogen-bond donors (Lipinski definition) is 0. The molecule has 0 aromatic carbocycles. The van der Waals surface area contributed by atoms with Crippen molar-refractivity contribution in [3.8, 4) is 0 Å². The van der Waals surface area contributed by atoms with E-state index in [1.807, 2.05) is 0 Å². The minimum Gasteiger partial charge on any atom is -0.307 e. The van der Waals surface area contributed by atoms with Gasteiger partial charge in [-0.2, -0.15) is 8.78 Å². The minimum atomic E-state index is -3.04. The van der Waals surface area contributed by atoms with Crippen LogP contribution in [0, 0.1) is 0 Å². The van der Waals surface area contributed by atoms with Gasteiger partial charge in [-0.25, -0.2) is 4.90 Å². The van der Waals surface area contributed by atoms with Crippen molar-refractivity contribution in [3.05, 3.63) is 0 Å². The van der Waals surface area contributed by atoms with Crippen molar-refractivity contribution < 1.29 is 13.5 Å². The van der Waals surface area contributed by atoms with Crippen molar-refractivity contribution in [2.45, 2.75) is 26.0 Å². The van der Waals surface area contributed by atoms with Crippen LogP contribution in [0.15, 0.2) is 0 Å². The third-order valence-corrected chi connectivity index (χ3v) is 1.79. The second-order valence-corrected chi connectivity index (χ2v) is 2.61. The van der Waals surface area contributed by atoms with E-state index in [0.717, 1.165) is 17.7 Å². The zero-order valence-corrected chi connectivity index (χ0v) is 6.65. The van der Waals surface area contributed by atoms with E-state index in [0.29, 0.717) is 13.1 Å². The highest BCUT2D eigenvalue weighted by Crippen LogP contribution is 2.25. The molecule has 0 amide bonds. The molecule has 0 aromatic heterocycles. The Kier molecular flexibility index (Phi) is 2.78. The number of ether oxygens (including phenoxy) is 1. The molecule has 1 saturated heterocycles. The summed E-state index contributed by atoms with van der Waals surface area (Å²) < 4.78 is 30.0. The highest BCUT2D eigenvalue weighted by Gasteiger charge is 2.39. The van der Waals surface area contributed by atoms with Gasteiger partial charge >= 0.3 is 6.23 Å². The fourth-order valence-electron chi connectivity index (χ4n) is 1.24. The summed E-state index contributed by atoms with van der Waals surface area (Å²) in [7, 11) is 0. The largest absolute Gasteiger partial charge is 0.424 e. The molecule has 0 spiro atoms. The lowest BCUT2D eigenvalue weighted by Crippen LogP contribution is -2.41. The van der Waals surface area contributed by atoms with Crippen LogP contribution in [0.1, 0.15) is 19.8 Å². The second kappa shape index (κ2) is 3.45. The second-order valence-electron chi connectivity index (χ2n) is 2.61. The van der Waals surface area contributed by atoms with Gasteiger partial charge in [0, 0.05) is 13.1 Å². The van der Waals surface area contributed by atoms with E-state index < -0.39 is 6.23 Å². The van der Waals surface area contributed by atoms with Crippen LogP contribution in [0.2, 0.25) is 0 Å². The molecule has 0 aromatic rings. The van der Waals surface area contributed by atoms with Gasteiger partial charge in [0.2, 0.25) is 0 Å². The number of halogens is 2. The molecular weight excluding hydrogens is 152 g/mol. The Morgan fingerprint density at radius 2 is 1.91 bits per heavy atom. The summed E-state index contributed by atoms with van der Waals surface area (Å²) >= 11 is 0. The van der Waals surface area contributed by atoms with E-state index in [-0.39, 0.29) is 6.61 Å². The first-order valence-electron chi connectivity index (χ1n) is 3.93. The van der Waals surface area contributed by atoms with Crippen LogP contribution in [-0.2, 0) is 4.74 Å². The third-order valence-electron chi connectivity index (χ3n) is 1.79. The normalized spacial score (nSPS) is 21.0. The molecule has 1 rings (SSSR count). The quantitative estimate of drug-likeness (QED) is 0.590. The minimum absolute atomic E-state index is 0.0590. The van der Waals surface area contributed by atoms with Gasteiger partial charge in [0.05, 0.1) is 6.61 Å². The van der Waals surface area contributed by atoms with E-state index in [4.69, 9.17) is 0 Å². The number of alkyl halides is 2. The monoisotopic (exact) mass is 165 g/mol. The van der Waals surface area contributed by atoms with Gasteiger partial charge in [0.1, 0.15) is 0 Å². The van der Waals surface area contributed by atoms with Gasteiger partial charge in [-0.15, -0.1) is 0 Å². The van der Waals surface area contributed by atoms with Gasteiger partial charge < -0.3 is 4.74 Å². The SMILES string of the molecule is CCOC(F)(F)N1CCCC1. The number of likely N-dealkylation sites (tertiary alicyclic amines) is 1. The van der Waals surface area contributed by atoms with Gasteiger partial charge in [-0.1, -0.05) is 0 Å². The lowest BCUT2D eigenvalue weighted by molar-refractivity contribution is -0.320. The lowest BCUT2D eigenvalue weighted by Gasteiger charge is -2.25. The first-order chi connectivity index (χ1) is 5.17. The molecule has 0 N–H and O–H groups in total. The van der Waals surface area contributed by atoms with Gasteiger partial charge in [-0.05, 0) is 19.8 Å². The Bertz CT molecular complexity index is 124. The average Bonchev–Trinajstić information content (AvgIpc) is 2.37. The summed E-state index contributed by atoms with van der Waals surface area (Å²) in [6, 6.07) is 0. The van der Waals surface area contributed by atoms with Gasteiger partial charge in [-0.3, -0.25) is 0 Å². The fourth-order valence-corrected chi connectivity index (χ4v) is 1.24. The maximum atomic E-state index is 12.8. The Labute approximate surface area is 65.1 Å². The van der Waals surface area contributed by atoms with Crippen molar-refractivity contribution >= 4 is 0 Å². The average molecular weight is 165 g/mol. The summed E-state index contributed by atoms with van der Waals surface area (Å²) in [5, 5.41) is 0. The van der Waals surface area contributed by atoms with Crippen molar-refractivity contribution in [1.82, 2.24) is 4.90 Å². The van der Waals surface area contributed by atoms with Crippen molar-refractivity contribution in [2.75, 3.05) is 19.7 Å². The molecular formula is C7H13F2NO. The smallest absolute Gasteiger partial charge is 0.307 e. The molecule has 4 heteroatoms. The van der Waals surface area contributed by atoms with Crippen molar-refractivity contribution in [1.29, 1.82) is 0 Å². The van der Waals surface area contributed by atoms with Crippen LogP contribution in [-0.4, -0.2) is 30.8 Å². The predicted octanol–water partition coefficient (Wildman–Crippen LogP) is 1.67. The zero-order chi connectivity index (χ0) is 8.32. The van der Waals surface area contributed by atoms with Crippen molar-refractivity contribution in [3.63, 3.8) is 0 Å². The summed E-state index contributed by atoms with van der Waals surface area (Å²) in [4.78, 5) is 1.08. The molecule has 0 unspecified atom stereocenters. The highest BCUT2D eigenvalue weighted by atomic mass is 19.3. The molecule has 66 valence electrons. The molecule has 0 aliphatic carbocycles. The van der Waals surface area contributed by atoms with Crippen molar-refractivity contribution in [2.24, 2.45) is 0 Å². The lowest BCUT2D eigenvalue weighted by atomic mass is 10.4. The van der Waals surface area contributed by atoms with Crippen LogP contribution < -0.4 is 0 Å². The van der Waals surface area contributed by atoms with E-state index in [9.17, 15) is 8.78 Å². The molecule has 1 fully saturated rings. The molecule has 0 radical (unpaired) electrons. The van der Waals surface area contributed by atoms with Gasteiger partial charge in [0.15, 0.2) is 0 Å². The van der Waals surface area contributed by atoms with Crippen LogP contribution in [0.3, 0.4) is 0 Å². The Hall–Kier alpha value is -0.220. The molecule has 1 aliphatic rings. The number of nitrogens with zero attached hydrogens (tertiary/aromatic N) is 1. The summed E-state index contributed by atoms with van der Waals surface area (Å²) in [5.41, 5.74) is 0. The van der Waals surface area contributed by atoms with Gasteiger partial charge in [0.25, 0.3) is 0 Å². The zero-order valence-electron chi connectivity index (χ0n) is 6.65. The van der Waals surface area contributed by atoms with Crippen LogP contribution >= 0.6 is 0 Å². The Morgan fingerprint density at radius 3 is 2.36 bits per heavy atom. The third kappa shape index (κ3) is 2.10. The van der Waals surface area contributed by atoms with Crippen LogP contribution in [0.25, 0.3) is 0 Å². The van der Waals surface area contributed by atoms with E-state index in [2.05, 4.69) is 4.74 Å². The summed E-state index contributed by atoms with van der Waals surface area (Å²) in [5.74, 6) is 0. The molecule has 0 atom stereocenters. The van der Waals surface area contributed by atoms with E-state index >= 15 is 0 Å². The molecule has 0 bridgehead atoms. The highest BCUT2D eigenvalue weighted by molar-refractivity contribution is 4.68.